The molecule has 0 atom stereocenters. The summed E-state index contributed by atoms with van der Waals surface area (Å²) in [5, 5.41) is 0. The van der Waals surface area contributed by atoms with E-state index in [1.165, 1.54) is 9.80 Å². The van der Waals surface area contributed by atoms with Crippen LogP contribution in [0.4, 0.5) is 0 Å². The molecule has 0 aliphatic carbocycles. The molecule has 4 amide bonds. The summed E-state index contributed by atoms with van der Waals surface area (Å²) in [7, 11) is 0. The van der Waals surface area contributed by atoms with Crippen molar-refractivity contribution in [3.63, 3.8) is 0 Å². The van der Waals surface area contributed by atoms with Crippen LogP contribution < -0.4 is 0 Å². The fraction of sp³-hybridized carbons (Fsp3) is 0.500. The number of nitrogens with zero attached hydrogens (tertiary/aromatic N) is 4. The third kappa shape index (κ3) is 7.73. The van der Waals surface area contributed by atoms with Gasteiger partial charge in [-0.15, -0.1) is 0 Å². The lowest BCUT2D eigenvalue weighted by molar-refractivity contribution is 0.0316. The van der Waals surface area contributed by atoms with Crippen LogP contribution in [-0.4, -0.2) is 135 Å². The molecule has 43 heavy (non-hydrogen) atoms. The summed E-state index contributed by atoms with van der Waals surface area (Å²) in [6.45, 7) is 8.22. The molecule has 11 nitrogen and oxygen atoms in total. The number of carbonyl (C=O) groups is 4. The van der Waals surface area contributed by atoms with Crippen molar-refractivity contribution in [3.05, 3.63) is 70.8 Å². The number of amides is 4. The van der Waals surface area contributed by atoms with Crippen molar-refractivity contribution in [3.8, 4) is 0 Å². The molecule has 230 valence electrons. The van der Waals surface area contributed by atoms with Crippen molar-refractivity contribution >= 4 is 23.6 Å². The second-order valence-corrected chi connectivity index (χ2v) is 10.8. The van der Waals surface area contributed by atoms with Gasteiger partial charge in [-0.2, -0.15) is 0 Å². The van der Waals surface area contributed by atoms with Crippen LogP contribution in [0.2, 0.25) is 0 Å². The Morgan fingerprint density at radius 3 is 1.07 bits per heavy atom. The van der Waals surface area contributed by atoms with Crippen LogP contribution in [-0.2, 0) is 14.2 Å². The van der Waals surface area contributed by atoms with E-state index in [9.17, 15) is 19.2 Å². The molecule has 3 aliphatic heterocycles. The van der Waals surface area contributed by atoms with Crippen molar-refractivity contribution < 1.29 is 33.4 Å². The minimum atomic E-state index is -0.224. The Morgan fingerprint density at radius 1 is 0.442 bits per heavy atom. The average molecular weight is 593 g/mol. The minimum Gasteiger partial charge on any atom is -0.379 e. The largest absolute Gasteiger partial charge is 0.379 e. The maximum atomic E-state index is 12.7. The van der Waals surface area contributed by atoms with E-state index >= 15 is 0 Å². The van der Waals surface area contributed by atoms with E-state index in [4.69, 9.17) is 14.2 Å². The van der Waals surface area contributed by atoms with Gasteiger partial charge in [-0.3, -0.25) is 38.8 Å². The Bertz CT molecular complexity index is 1130. The minimum absolute atomic E-state index is 0.224. The van der Waals surface area contributed by atoms with Crippen molar-refractivity contribution in [2.45, 2.75) is 12.8 Å². The third-order valence-electron chi connectivity index (χ3n) is 8.05. The lowest BCUT2D eigenvalue weighted by Gasteiger charge is -2.24. The molecule has 0 aromatic heterocycles. The zero-order valence-corrected chi connectivity index (χ0v) is 24.6. The number of fused-ring (bicyclic) bond motifs is 2. The zero-order valence-electron chi connectivity index (χ0n) is 24.6. The fourth-order valence-corrected chi connectivity index (χ4v) is 5.66. The van der Waals surface area contributed by atoms with E-state index < -0.39 is 0 Å². The molecular formula is C32H40N4O7. The predicted octanol–water partition coefficient (Wildman–Crippen LogP) is 2.03. The first-order valence-electron chi connectivity index (χ1n) is 15.1. The summed E-state index contributed by atoms with van der Waals surface area (Å²) in [6.07, 6.45) is 1.32. The molecule has 3 heterocycles. The predicted molar refractivity (Wildman–Crippen MR) is 158 cm³/mol. The molecule has 1 fully saturated rings. The third-order valence-corrected chi connectivity index (χ3v) is 8.05. The molecule has 0 saturated carbocycles. The molecule has 0 unspecified atom stereocenters. The Kier molecular flexibility index (Phi) is 11.0. The van der Waals surface area contributed by atoms with Gasteiger partial charge >= 0.3 is 0 Å². The van der Waals surface area contributed by atoms with Crippen molar-refractivity contribution in [1.82, 2.24) is 19.6 Å². The monoisotopic (exact) mass is 592 g/mol. The number of hydrogen-bond acceptors (Lipinski definition) is 9. The van der Waals surface area contributed by atoms with Gasteiger partial charge < -0.3 is 14.2 Å². The first kappa shape index (κ1) is 31.0. The van der Waals surface area contributed by atoms with Gasteiger partial charge in [0.05, 0.1) is 61.9 Å². The van der Waals surface area contributed by atoms with Gasteiger partial charge in [-0.05, 0) is 37.1 Å². The van der Waals surface area contributed by atoms with Crippen LogP contribution in [0, 0.1) is 0 Å². The summed E-state index contributed by atoms with van der Waals surface area (Å²) in [5.74, 6) is -0.898. The topological polar surface area (TPSA) is 109 Å². The smallest absolute Gasteiger partial charge is 0.261 e. The molecule has 2 aromatic carbocycles. The number of ether oxygens (including phenoxy) is 3. The number of benzene rings is 2. The molecule has 3 aliphatic rings. The Morgan fingerprint density at radius 2 is 0.744 bits per heavy atom. The molecule has 0 bridgehead atoms. The Balaban J connectivity index is 1.05. The standard InChI is InChI=1S/C32H40N4O7/c37-29-25-7-1-2-8-26(25)30(38)35(29)13-5-11-33-15-19-41-20-16-34(18-22-43-24-23-42-21-17-33)12-6-14-36-31(39)27-9-3-4-10-28(27)32(36)40/h1-4,7-10H,5-6,11-24H2. The summed E-state index contributed by atoms with van der Waals surface area (Å²) in [4.78, 5) is 57.8. The van der Waals surface area contributed by atoms with Crippen LogP contribution in [0.1, 0.15) is 54.3 Å². The van der Waals surface area contributed by atoms with Gasteiger partial charge in [0.2, 0.25) is 0 Å². The van der Waals surface area contributed by atoms with E-state index in [1.807, 2.05) is 0 Å². The normalized spacial score (nSPS) is 19.8. The summed E-state index contributed by atoms with van der Waals surface area (Å²) >= 11 is 0. The SMILES string of the molecule is O=C1c2ccccc2C(=O)N1CCCN1CCOCCOCCN(CCCN2C(=O)c3ccccc3C2=O)CCOCC1. The Labute approximate surface area is 252 Å². The fourth-order valence-electron chi connectivity index (χ4n) is 5.66. The second kappa shape index (κ2) is 15.3. The van der Waals surface area contributed by atoms with E-state index in [0.29, 0.717) is 114 Å². The molecule has 0 radical (unpaired) electrons. The van der Waals surface area contributed by atoms with Crippen LogP contribution in [0.5, 0.6) is 0 Å². The maximum absolute atomic E-state index is 12.7. The van der Waals surface area contributed by atoms with E-state index in [2.05, 4.69) is 9.80 Å². The second-order valence-electron chi connectivity index (χ2n) is 10.8. The molecule has 0 N–H and O–H groups in total. The Hall–Kier alpha value is -3.48. The van der Waals surface area contributed by atoms with Gasteiger partial charge in [0.1, 0.15) is 0 Å². The van der Waals surface area contributed by atoms with Crippen LogP contribution in [0.15, 0.2) is 48.5 Å². The molecule has 11 heteroatoms. The highest BCUT2D eigenvalue weighted by Crippen LogP contribution is 2.23. The van der Waals surface area contributed by atoms with Crippen molar-refractivity contribution in [2.75, 3.05) is 92.0 Å². The highest BCUT2D eigenvalue weighted by molar-refractivity contribution is 6.22. The molecule has 2 aromatic rings. The van der Waals surface area contributed by atoms with Gasteiger partial charge in [-0.1, -0.05) is 24.3 Å². The van der Waals surface area contributed by atoms with Gasteiger partial charge in [-0.25, -0.2) is 0 Å². The number of rotatable bonds is 8. The summed E-state index contributed by atoms with van der Waals surface area (Å²) in [6, 6.07) is 13.9. The van der Waals surface area contributed by atoms with Crippen molar-refractivity contribution in [2.24, 2.45) is 0 Å². The average Bonchev–Trinajstić information content (AvgIpc) is 3.41. The number of carbonyl (C=O) groups excluding carboxylic acids is 4. The molecule has 1 saturated heterocycles. The van der Waals surface area contributed by atoms with Crippen LogP contribution in [0.3, 0.4) is 0 Å². The zero-order chi connectivity index (χ0) is 30.0. The van der Waals surface area contributed by atoms with Gasteiger partial charge in [0.25, 0.3) is 23.6 Å². The first-order chi connectivity index (χ1) is 21.0. The van der Waals surface area contributed by atoms with Crippen LogP contribution >= 0.6 is 0 Å². The lowest BCUT2D eigenvalue weighted by atomic mass is 10.1. The maximum Gasteiger partial charge on any atom is 0.261 e. The summed E-state index contributed by atoms with van der Waals surface area (Å²) in [5.41, 5.74) is 1.90. The summed E-state index contributed by atoms with van der Waals surface area (Å²) < 4.78 is 17.5. The molecular weight excluding hydrogens is 552 g/mol. The van der Waals surface area contributed by atoms with Gasteiger partial charge in [0.15, 0.2) is 0 Å². The quantitative estimate of drug-likeness (QED) is 0.426. The van der Waals surface area contributed by atoms with E-state index in [-0.39, 0.29) is 23.6 Å². The first-order valence-corrected chi connectivity index (χ1v) is 15.1. The van der Waals surface area contributed by atoms with E-state index in [1.54, 1.807) is 48.5 Å². The van der Waals surface area contributed by atoms with Crippen molar-refractivity contribution in [1.29, 1.82) is 0 Å². The number of imide groups is 2. The highest BCUT2D eigenvalue weighted by Gasteiger charge is 2.35. The lowest BCUT2D eigenvalue weighted by Crippen LogP contribution is -2.37. The van der Waals surface area contributed by atoms with Crippen LogP contribution in [0.25, 0.3) is 0 Å². The van der Waals surface area contributed by atoms with Gasteiger partial charge in [0, 0.05) is 52.4 Å². The highest BCUT2D eigenvalue weighted by atomic mass is 16.5. The molecule has 0 spiro atoms. The van der Waals surface area contributed by atoms with E-state index in [0.717, 1.165) is 13.1 Å². The molecule has 5 rings (SSSR count). The number of hydrogen-bond donors (Lipinski definition) is 0.